The molecule has 4 unspecified atom stereocenters. The first-order valence-corrected chi connectivity index (χ1v) is 7.38. The third-order valence-corrected chi connectivity index (χ3v) is 4.77. The summed E-state index contributed by atoms with van der Waals surface area (Å²) in [7, 11) is 0. The smallest absolute Gasteiger partial charge is 0.00683 e. The summed E-state index contributed by atoms with van der Waals surface area (Å²) in [5, 5.41) is 3.67. The largest absolute Gasteiger partial charge is 0.314 e. The van der Waals surface area contributed by atoms with Gasteiger partial charge >= 0.3 is 0 Å². The first-order chi connectivity index (χ1) is 7.65. The van der Waals surface area contributed by atoms with E-state index < -0.39 is 0 Å². The first kappa shape index (κ1) is 12.4. The monoisotopic (exact) mass is 223 g/mol. The van der Waals surface area contributed by atoms with Crippen molar-refractivity contribution in [3.8, 4) is 0 Å². The van der Waals surface area contributed by atoms with Gasteiger partial charge in [0.05, 0.1) is 0 Å². The number of hydrogen-bond donors (Lipinski definition) is 1. The second kappa shape index (κ2) is 5.53. The molecule has 94 valence electrons. The predicted octanol–water partition coefficient (Wildman–Crippen LogP) is 3.84. The van der Waals surface area contributed by atoms with Gasteiger partial charge in [-0.25, -0.2) is 0 Å². The summed E-state index contributed by atoms with van der Waals surface area (Å²) >= 11 is 0. The molecule has 0 aromatic rings. The minimum atomic E-state index is 0.881. The maximum Gasteiger partial charge on any atom is 0.00683 e. The van der Waals surface area contributed by atoms with Gasteiger partial charge < -0.3 is 5.32 Å². The molecule has 2 aliphatic rings. The molecule has 16 heavy (non-hydrogen) atoms. The third-order valence-electron chi connectivity index (χ3n) is 4.77. The number of rotatable bonds is 5. The average molecular weight is 223 g/mol. The molecule has 2 saturated carbocycles. The fraction of sp³-hybridized carbons (Fsp3) is 1.00. The van der Waals surface area contributed by atoms with Crippen LogP contribution in [0.15, 0.2) is 0 Å². The van der Waals surface area contributed by atoms with Crippen molar-refractivity contribution in [1.29, 1.82) is 0 Å². The van der Waals surface area contributed by atoms with E-state index in [1.807, 2.05) is 0 Å². The van der Waals surface area contributed by atoms with Gasteiger partial charge in [-0.05, 0) is 55.9 Å². The third kappa shape index (κ3) is 3.76. The van der Waals surface area contributed by atoms with E-state index in [4.69, 9.17) is 0 Å². The zero-order valence-electron chi connectivity index (χ0n) is 11.3. The lowest BCUT2D eigenvalue weighted by Gasteiger charge is -2.33. The minimum Gasteiger partial charge on any atom is -0.314 e. The quantitative estimate of drug-likeness (QED) is 0.747. The molecule has 2 aliphatic carbocycles. The summed E-state index contributed by atoms with van der Waals surface area (Å²) in [6.07, 6.45) is 8.73. The molecule has 0 bridgehead atoms. The van der Waals surface area contributed by atoms with Gasteiger partial charge in [0.25, 0.3) is 0 Å². The van der Waals surface area contributed by atoms with Crippen molar-refractivity contribution in [1.82, 2.24) is 5.32 Å². The Hall–Kier alpha value is -0.0400. The van der Waals surface area contributed by atoms with Gasteiger partial charge in [-0.15, -0.1) is 0 Å². The maximum atomic E-state index is 3.67. The number of nitrogens with one attached hydrogen (secondary N) is 1. The predicted molar refractivity (Wildman–Crippen MR) is 70.5 cm³/mol. The zero-order chi connectivity index (χ0) is 11.5. The Labute approximate surface area is 101 Å². The second-order valence-electron chi connectivity index (χ2n) is 6.66. The van der Waals surface area contributed by atoms with Crippen LogP contribution in [-0.4, -0.2) is 12.6 Å². The van der Waals surface area contributed by atoms with E-state index in [9.17, 15) is 0 Å². The molecule has 0 heterocycles. The van der Waals surface area contributed by atoms with Gasteiger partial charge in [0, 0.05) is 6.04 Å². The molecule has 1 nitrogen and oxygen atoms in total. The Bertz CT molecular complexity index is 209. The topological polar surface area (TPSA) is 12.0 Å². The molecule has 0 saturated heterocycles. The van der Waals surface area contributed by atoms with Gasteiger partial charge in [-0.3, -0.25) is 0 Å². The lowest BCUT2D eigenvalue weighted by atomic mass is 9.73. The van der Waals surface area contributed by atoms with Gasteiger partial charge in [0.1, 0.15) is 0 Å². The van der Waals surface area contributed by atoms with Gasteiger partial charge in [0.2, 0.25) is 0 Å². The van der Waals surface area contributed by atoms with Crippen LogP contribution in [0.1, 0.15) is 59.3 Å². The normalized spacial score (nSPS) is 37.3. The van der Waals surface area contributed by atoms with Crippen LogP contribution in [0.4, 0.5) is 0 Å². The van der Waals surface area contributed by atoms with Crippen LogP contribution in [0.5, 0.6) is 0 Å². The van der Waals surface area contributed by atoms with Crippen molar-refractivity contribution in [2.75, 3.05) is 6.54 Å². The number of hydrogen-bond acceptors (Lipinski definition) is 1. The van der Waals surface area contributed by atoms with Crippen LogP contribution in [0.2, 0.25) is 0 Å². The fourth-order valence-electron chi connectivity index (χ4n) is 3.18. The van der Waals surface area contributed by atoms with Gasteiger partial charge in [0.15, 0.2) is 0 Å². The van der Waals surface area contributed by atoms with E-state index in [1.165, 1.54) is 45.1 Å². The van der Waals surface area contributed by atoms with Crippen LogP contribution < -0.4 is 5.32 Å². The van der Waals surface area contributed by atoms with Crippen LogP contribution in [-0.2, 0) is 0 Å². The van der Waals surface area contributed by atoms with Crippen molar-refractivity contribution >= 4 is 0 Å². The van der Waals surface area contributed by atoms with Gasteiger partial charge in [-0.1, -0.05) is 33.6 Å². The molecule has 1 heteroatoms. The molecule has 2 rings (SSSR count). The first-order valence-electron chi connectivity index (χ1n) is 7.38. The van der Waals surface area contributed by atoms with Crippen molar-refractivity contribution in [3.05, 3.63) is 0 Å². The van der Waals surface area contributed by atoms with E-state index in [1.54, 1.807) is 0 Å². The van der Waals surface area contributed by atoms with E-state index >= 15 is 0 Å². The summed E-state index contributed by atoms with van der Waals surface area (Å²) in [6, 6.07) is 0.882. The molecule has 1 N–H and O–H groups in total. The summed E-state index contributed by atoms with van der Waals surface area (Å²) in [5.41, 5.74) is 0. The summed E-state index contributed by atoms with van der Waals surface area (Å²) < 4.78 is 0. The molecule has 0 radical (unpaired) electrons. The van der Waals surface area contributed by atoms with Crippen molar-refractivity contribution < 1.29 is 0 Å². The molecular formula is C15H29N. The Kier molecular flexibility index (Phi) is 4.29. The highest BCUT2D eigenvalue weighted by Crippen LogP contribution is 2.36. The van der Waals surface area contributed by atoms with Crippen molar-refractivity contribution in [2.24, 2.45) is 23.7 Å². The Morgan fingerprint density at radius 3 is 2.44 bits per heavy atom. The van der Waals surface area contributed by atoms with Crippen LogP contribution in [0.3, 0.4) is 0 Å². The zero-order valence-corrected chi connectivity index (χ0v) is 11.3. The summed E-state index contributed by atoms with van der Waals surface area (Å²) in [4.78, 5) is 0. The molecule has 0 aromatic heterocycles. The van der Waals surface area contributed by atoms with Crippen LogP contribution >= 0.6 is 0 Å². The summed E-state index contributed by atoms with van der Waals surface area (Å²) in [6.45, 7) is 8.56. The van der Waals surface area contributed by atoms with E-state index in [0.29, 0.717) is 0 Å². The highest BCUT2D eigenvalue weighted by molar-refractivity contribution is 4.82. The summed E-state index contributed by atoms with van der Waals surface area (Å²) in [5.74, 6) is 3.83. The van der Waals surface area contributed by atoms with Crippen molar-refractivity contribution in [2.45, 2.75) is 65.3 Å². The highest BCUT2D eigenvalue weighted by Gasteiger charge is 2.26. The lowest BCUT2D eigenvalue weighted by molar-refractivity contribution is 0.184. The molecule has 0 aliphatic heterocycles. The van der Waals surface area contributed by atoms with E-state index in [-0.39, 0.29) is 0 Å². The van der Waals surface area contributed by atoms with Crippen molar-refractivity contribution in [3.63, 3.8) is 0 Å². The SMILES string of the molecule is CC(CNC1CC1)CC1CCC(C)C(C)C1. The fourth-order valence-corrected chi connectivity index (χ4v) is 3.18. The lowest BCUT2D eigenvalue weighted by Crippen LogP contribution is -2.27. The molecule has 0 spiro atoms. The standard InChI is InChI=1S/C15H29N/c1-11(10-16-15-6-7-15)8-14-5-4-12(2)13(3)9-14/h11-16H,4-10H2,1-3H3. The van der Waals surface area contributed by atoms with E-state index in [2.05, 4.69) is 26.1 Å². The maximum absolute atomic E-state index is 3.67. The molecule has 0 amide bonds. The van der Waals surface area contributed by atoms with Gasteiger partial charge in [-0.2, -0.15) is 0 Å². The molecule has 4 atom stereocenters. The Balaban J connectivity index is 1.63. The van der Waals surface area contributed by atoms with E-state index in [0.717, 1.165) is 29.7 Å². The molecular weight excluding hydrogens is 194 g/mol. The molecule has 2 fully saturated rings. The molecule has 0 aromatic carbocycles. The highest BCUT2D eigenvalue weighted by atomic mass is 14.9. The minimum absolute atomic E-state index is 0.881. The Morgan fingerprint density at radius 1 is 1.06 bits per heavy atom. The van der Waals surface area contributed by atoms with Crippen LogP contribution in [0.25, 0.3) is 0 Å². The second-order valence-corrected chi connectivity index (χ2v) is 6.66. The average Bonchev–Trinajstić information content (AvgIpc) is 3.04. The Morgan fingerprint density at radius 2 is 1.81 bits per heavy atom. The van der Waals surface area contributed by atoms with Crippen LogP contribution in [0, 0.1) is 23.7 Å².